The van der Waals surface area contributed by atoms with Crippen molar-refractivity contribution in [1.29, 1.82) is 0 Å². The van der Waals surface area contributed by atoms with Gasteiger partial charge in [-0.05, 0) is 38.3 Å². The fourth-order valence-corrected chi connectivity index (χ4v) is 1.78. The van der Waals surface area contributed by atoms with Crippen molar-refractivity contribution in [3.63, 3.8) is 0 Å². The Morgan fingerprint density at radius 1 is 1.28 bits per heavy atom. The normalized spacial score (nSPS) is 13.4. The van der Waals surface area contributed by atoms with Gasteiger partial charge in [-0.2, -0.15) is 0 Å². The van der Waals surface area contributed by atoms with E-state index in [2.05, 4.69) is 0 Å². The van der Waals surface area contributed by atoms with Gasteiger partial charge in [0.05, 0.1) is 11.7 Å². The smallest absolute Gasteiger partial charge is 0.125 e. The summed E-state index contributed by atoms with van der Waals surface area (Å²) in [7, 11) is 0. The van der Waals surface area contributed by atoms with Crippen LogP contribution in [0.15, 0.2) is 18.2 Å². The van der Waals surface area contributed by atoms with Gasteiger partial charge in [0.15, 0.2) is 0 Å². The maximum atomic E-state index is 10.2. The Morgan fingerprint density at radius 3 is 2.39 bits per heavy atom. The minimum absolute atomic E-state index is 0.253. The van der Waals surface area contributed by atoms with Gasteiger partial charge < -0.3 is 14.9 Å². The zero-order valence-electron chi connectivity index (χ0n) is 11.7. The first kappa shape index (κ1) is 15.0. The van der Waals surface area contributed by atoms with Crippen LogP contribution >= 0.6 is 0 Å². The third-order valence-electron chi connectivity index (χ3n) is 3.43. The van der Waals surface area contributed by atoms with E-state index in [0.29, 0.717) is 18.6 Å². The second kappa shape index (κ2) is 6.21. The summed E-state index contributed by atoms with van der Waals surface area (Å²) in [4.78, 5) is 0. The number of aryl methyl sites for hydroxylation is 1. The Kier molecular flexibility index (Phi) is 5.17. The molecule has 3 nitrogen and oxygen atoms in total. The molecule has 0 aliphatic rings. The Balaban J connectivity index is 2.86. The molecular weight excluding hydrogens is 228 g/mol. The van der Waals surface area contributed by atoms with Crippen molar-refractivity contribution in [2.24, 2.45) is 0 Å². The van der Waals surface area contributed by atoms with E-state index in [1.54, 1.807) is 6.92 Å². The molecule has 0 aromatic heterocycles. The maximum absolute atomic E-state index is 10.2. The molecule has 0 saturated heterocycles. The summed E-state index contributed by atoms with van der Waals surface area (Å²) in [5.41, 5.74) is 1.04. The topological polar surface area (TPSA) is 49.7 Å². The molecule has 0 fully saturated rings. The third kappa shape index (κ3) is 3.72. The van der Waals surface area contributed by atoms with Gasteiger partial charge in [-0.1, -0.05) is 26.0 Å². The van der Waals surface area contributed by atoms with E-state index in [4.69, 9.17) is 4.74 Å². The highest BCUT2D eigenvalue weighted by molar-refractivity contribution is 5.38. The molecule has 1 aromatic rings. The molecule has 0 bridgehead atoms. The fourth-order valence-electron chi connectivity index (χ4n) is 1.78. The average molecular weight is 252 g/mol. The van der Waals surface area contributed by atoms with E-state index < -0.39 is 11.7 Å². The molecule has 18 heavy (non-hydrogen) atoms. The van der Waals surface area contributed by atoms with Crippen LogP contribution < -0.4 is 4.74 Å². The molecular formula is C15H24O3. The van der Waals surface area contributed by atoms with Crippen LogP contribution in [0.4, 0.5) is 0 Å². The highest BCUT2D eigenvalue weighted by atomic mass is 16.5. The summed E-state index contributed by atoms with van der Waals surface area (Å²) >= 11 is 0. The van der Waals surface area contributed by atoms with Crippen molar-refractivity contribution >= 4 is 0 Å². The second-order valence-electron chi connectivity index (χ2n) is 4.94. The van der Waals surface area contributed by atoms with E-state index >= 15 is 0 Å². The van der Waals surface area contributed by atoms with Crippen molar-refractivity contribution in [2.75, 3.05) is 6.61 Å². The molecule has 0 saturated carbocycles. The summed E-state index contributed by atoms with van der Waals surface area (Å²) in [6.07, 6.45) is 0.732. The Hall–Kier alpha value is -1.06. The molecule has 1 unspecified atom stereocenters. The number of aliphatic hydroxyl groups is 2. The molecule has 0 amide bonds. The quantitative estimate of drug-likeness (QED) is 0.818. The predicted octanol–water partition coefficient (Wildman–Crippen LogP) is 2.98. The van der Waals surface area contributed by atoms with Crippen molar-refractivity contribution in [2.45, 2.75) is 52.2 Å². The lowest BCUT2D eigenvalue weighted by Crippen LogP contribution is -2.34. The van der Waals surface area contributed by atoms with Crippen LogP contribution in [0.3, 0.4) is 0 Å². The van der Waals surface area contributed by atoms with Crippen molar-refractivity contribution in [3.05, 3.63) is 29.3 Å². The molecule has 3 heteroatoms. The van der Waals surface area contributed by atoms with Crippen molar-refractivity contribution in [3.8, 4) is 5.75 Å². The van der Waals surface area contributed by atoms with Crippen LogP contribution in [0, 0.1) is 6.92 Å². The molecule has 1 atom stereocenters. The SMILES string of the molecule is CCC(O)(CC)COc1cc(C)ccc1C(C)O. The maximum Gasteiger partial charge on any atom is 0.125 e. The minimum Gasteiger partial charge on any atom is -0.490 e. The standard InChI is InChI=1S/C15H24O3/c1-5-15(17,6-2)10-18-14-9-11(3)7-8-13(14)12(4)16/h7-9,12,16-17H,5-6,10H2,1-4H3. The van der Waals surface area contributed by atoms with Gasteiger partial charge in [0, 0.05) is 5.56 Å². The lowest BCUT2D eigenvalue weighted by Gasteiger charge is -2.26. The van der Waals surface area contributed by atoms with Gasteiger partial charge >= 0.3 is 0 Å². The van der Waals surface area contributed by atoms with Crippen LogP contribution in [0.5, 0.6) is 5.75 Å². The van der Waals surface area contributed by atoms with Crippen molar-refractivity contribution in [1.82, 2.24) is 0 Å². The molecule has 1 rings (SSSR count). The Labute approximate surface area is 109 Å². The summed E-state index contributed by atoms with van der Waals surface area (Å²) in [5, 5.41) is 19.9. The first-order chi connectivity index (χ1) is 8.41. The van der Waals surface area contributed by atoms with Crippen LogP contribution in [-0.2, 0) is 0 Å². The first-order valence-electron chi connectivity index (χ1n) is 6.55. The van der Waals surface area contributed by atoms with Crippen molar-refractivity contribution < 1.29 is 14.9 Å². The lowest BCUT2D eigenvalue weighted by molar-refractivity contribution is -0.0121. The highest BCUT2D eigenvalue weighted by Gasteiger charge is 2.24. The number of rotatable bonds is 6. The molecule has 102 valence electrons. The number of hydrogen-bond acceptors (Lipinski definition) is 3. The average Bonchev–Trinajstić information content (AvgIpc) is 2.35. The van der Waals surface area contributed by atoms with Crippen LogP contribution in [0.1, 0.15) is 50.8 Å². The molecule has 2 N–H and O–H groups in total. The molecule has 0 radical (unpaired) electrons. The second-order valence-corrected chi connectivity index (χ2v) is 4.94. The molecule has 1 aromatic carbocycles. The summed E-state index contributed by atoms with van der Waals surface area (Å²) < 4.78 is 5.72. The molecule has 0 aliphatic heterocycles. The number of hydrogen-bond donors (Lipinski definition) is 2. The lowest BCUT2D eigenvalue weighted by atomic mass is 9.99. The zero-order valence-corrected chi connectivity index (χ0v) is 11.7. The summed E-state index contributed by atoms with van der Waals surface area (Å²) in [5.74, 6) is 0.658. The third-order valence-corrected chi connectivity index (χ3v) is 3.43. The predicted molar refractivity (Wildman–Crippen MR) is 72.8 cm³/mol. The highest BCUT2D eigenvalue weighted by Crippen LogP contribution is 2.27. The zero-order chi connectivity index (χ0) is 13.8. The minimum atomic E-state index is -0.792. The van der Waals surface area contributed by atoms with E-state index in [9.17, 15) is 10.2 Å². The van der Waals surface area contributed by atoms with E-state index in [-0.39, 0.29) is 6.61 Å². The van der Waals surface area contributed by atoms with Gasteiger partial charge in [0.25, 0.3) is 0 Å². The Bertz CT molecular complexity index is 381. The monoisotopic (exact) mass is 252 g/mol. The summed E-state index contributed by atoms with van der Waals surface area (Å²) in [6.45, 7) is 7.83. The number of ether oxygens (including phenoxy) is 1. The van der Waals surface area contributed by atoms with Gasteiger partial charge in [-0.3, -0.25) is 0 Å². The molecule has 0 aliphatic carbocycles. The van der Waals surface area contributed by atoms with E-state index in [0.717, 1.165) is 11.1 Å². The van der Waals surface area contributed by atoms with E-state index in [1.165, 1.54) is 0 Å². The number of benzene rings is 1. The van der Waals surface area contributed by atoms with Gasteiger partial charge in [0.1, 0.15) is 12.4 Å². The van der Waals surface area contributed by atoms with Gasteiger partial charge in [-0.25, -0.2) is 0 Å². The fraction of sp³-hybridized carbons (Fsp3) is 0.600. The Morgan fingerprint density at radius 2 is 1.89 bits per heavy atom. The van der Waals surface area contributed by atoms with Crippen LogP contribution in [0.2, 0.25) is 0 Å². The first-order valence-corrected chi connectivity index (χ1v) is 6.55. The number of aliphatic hydroxyl groups excluding tert-OH is 1. The van der Waals surface area contributed by atoms with Gasteiger partial charge in [0.2, 0.25) is 0 Å². The molecule has 0 spiro atoms. The molecule has 0 heterocycles. The van der Waals surface area contributed by atoms with Gasteiger partial charge in [-0.15, -0.1) is 0 Å². The van der Waals surface area contributed by atoms with Crippen LogP contribution in [-0.4, -0.2) is 22.4 Å². The summed E-state index contributed by atoms with van der Waals surface area (Å²) in [6, 6.07) is 5.71. The van der Waals surface area contributed by atoms with Crippen LogP contribution in [0.25, 0.3) is 0 Å². The largest absolute Gasteiger partial charge is 0.490 e. The van der Waals surface area contributed by atoms with E-state index in [1.807, 2.05) is 39.0 Å².